The summed E-state index contributed by atoms with van der Waals surface area (Å²) in [6, 6.07) is 1.14. The van der Waals surface area contributed by atoms with Crippen molar-refractivity contribution in [3.8, 4) is 5.75 Å². The smallest absolute Gasteiger partial charge is 0.416 e. The molecule has 120 valence electrons. The molecule has 1 aromatic rings. The van der Waals surface area contributed by atoms with E-state index in [-0.39, 0.29) is 12.4 Å². The first-order valence-corrected chi connectivity index (χ1v) is 6.15. The molecule has 0 saturated carbocycles. The molecule has 0 radical (unpaired) electrons. The first-order chi connectivity index (χ1) is 10.2. The van der Waals surface area contributed by atoms with E-state index in [1.807, 2.05) is 0 Å². The number of rotatable bonds is 6. The predicted molar refractivity (Wildman–Crippen MR) is 71.7 cm³/mol. The van der Waals surface area contributed by atoms with Gasteiger partial charge in [-0.05, 0) is 25.1 Å². The zero-order chi connectivity index (χ0) is 16.9. The Hall–Kier alpha value is -2.51. The van der Waals surface area contributed by atoms with E-state index >= 15 is 0 Å². The molecule has 2 N–H and O–H groups in total. The lowest BCUT2D eigenvalue weighted by molar-refractivity contribution is -0.139. The van der Waals surface area contributed by atoms with Crippen LogP contribution in [-0.2, 0) is 11.0 Å². The average molecular weight is 317 g/mol. The summed E-state index contributed by atoms with van der Waals surface area (Å²) in [6.45, 7) is 4.57. The van der Waals surface area contributed by atoms with Gasteiger partial charge >= 0.3 is 12.1 Å². The third kappa shape index (κ3) is 4.51. The lowest BCUT2D eigenvalue weighted by Crippen LogP contribution is -2.38. The molecule has 0 aliphatic rings. The van der Waals surface area contributed by atoms with Crippen LogP contribution in [0.2, 0.25) is 0 Å². The Morgan fingerprint density at radius 3 is 2.59 bits per heavy atom. The first-order valence-electron chi connectivity index (χ1n) is 6.15. The van der Waals surface area contributed by atoms with Gasteiger partial charge in [-0.2, -0.15) is 13.2 Å². The van der Waals surface area contributed by atoms with Crippen molar-refractivity contribution in [2.45, 2.75) is 19.1 Å². The molecule has 5 nitrogen and oxygen atoms in total. The number of carbonyl (C=O) groups excluding carboxylic acids is 1. The van der Waals surface area contributed by atoms with Gasteiger partial charge in [0.15, 0.2) is 0 Å². The van der Waals surface area contributed by atoms with Gasteiger partial charge in [-0.15, -0.1) is 0 Å². The van der Waals surface area contributed by atoms with Crippen LogP contribution in [-0.4, -0.2) is 29.6 Å². The lowest BCUT2D eigenvalue weighted by atomic mass is 10.1. The first kappa shape index (κ1) is 17.5. The Kier molecular flexibility index (Phi) is 5.56. The molecule has 0 spiro atoms. The van der Waals surface area contributed by atoms with Crippen LogP contribution in [0.3, 0.4) is 0 Å². The molecule has 0 aliphatic heterocycles. The Morgan fingerprint density at radius 2 is 2.09 bits per heavy atom. The second-order valence-corrected chi connectivity index (χ2v) is 4.34. The number of alkyl halides is 3. The molecule has 22 heavy (non-hydrogen) atoms. The molecule has 8 heteroatoms. The summed E-state index contributed by atoms with van der Waals surface area (Å²) >= 11 is 0. The van der Waals surface area contributed by atoms with Crippen LogP contribution in [0.1, 0.15) is 22.8 Å². The molecule has 0 unspecified atom stereocenters. The minimum atomic E-state index is -4.63. The molecular weight excluding hydrogens is 303 g/mol. The normalized spacial score (nSPS) is 12.4. The summed E-state index contributed by atoms with van der Waals surface area (Å²) < 4.78 is 43.3. The fourth-order valence-electron chi connectivity index (χ4n) is 1.49. The SMILES string of the molecule is C=CCOc1ccc(C(F)(F)F)cc1C(=O)N[C@H](C)C(=O)O. The number of benzene rings is 1. The largest absolute Gasteiger partial charge is 0.489 e. The minimum Gasteiger partial charge on any atom is -0.489 e. The number of carboxylic acid groups (broad SMARTS) is 1. The van der Waals surface area contributed by atoms with Crippen molar-refractivity contribution in [3.63, 3.8) is 0 Å². The van der Waals surface area contributed by atoms with Gasteiger partial charge in [0, 0.05) is 0 Å². The van der Waals surface area contributed by atoms with Crippen LogP contribution in [0.4, 0.5) is 13.2 Å². The number of nitrogens with one attached hydrogen (secondary N) is 1. The summed E-state index contributed by atoms with van der Waals surface area (Å²) in [4.78, 5) is 22.7. The van der Waals surface area contributed by atoms with E-state index in [2.05, 4.69) is 11.9 Å². The molecule has 1 rings (SSSR count). The van der Waals surface area contributed by atoms with E-state index in [1.165, 1.54) is 13.0 Å². The van der Waals surface area contributed by atoms with Crippen LogP contribution < -0.4 is 10.1 Å². The van der Waals surface area contributed by atoms with Gasteiger partial charge in [-0.1, -0.05) is 12.7 Å². The van der Waals surface area contributed by atoms with Crippen molar-refractivity contribution in [2.75, 3.05) is 6.61 Å². The Bertz CT molecular complexity index is 584. The number of hydrogen-bond acceptors (Lipinski definition) is 3. The lowest BCUT2D eigenvalue weighted by Gasteiger charge is -2.15. The van der Waals surface area contributed by atoms with E-state index in [0.29, 0.717) is 6.07 Å². The molecule has 0 saturated heterocycles. The highest BCUT2D eigenvalue weighted by Crippen LogP contribution is 2.32. The average Bonchev–Trinajstić information content (AvgIpc) is 2.43. The fraction of sp³-hybridized carbons (Fsp3) is 0.286. The molecule has 0 heterocycles. The van der Waals surface area contributed by atoms with Gasteiger partial charge in [0.1, 0.15) is 18.4 Å². The zero-order valence-electron chi connectivity index (χ0n) is 11.6. The molecule has 0 fully saturated rings. The minimum absolute atomic E-state index is 0.0138. The predicted octanol–water partition coefficient (Wildman–Crippen LogP) is 2.47. The van der Waals surface area contributed by atoms with Gasteiger partial charge in [0.25, 0.3) is 5.91 Å². The number of amides is 1. The zero-order valence-corrected chi connectivity index (χ0v) is 11.6. The number of carboxylic acids is 1. The van der Waals surface area contributed by atoms with Crippen LogP contribution in [0.5, 0.6) is 5.75 Å². The van der Waals surface area contributed by atoms with Gasteiger partial charge in [0.2, 0.25) is 0 Å². The van der Waals surface area contributed by atoms with E-state index in [9.17, 15) is 22.8 Å². The molecule has 0 aliphatic carbocycles. The third-order valence-corrected chi connectivity index (χ3v) is 2.63. The van der Waals surface area contributed by atoms with Gasteiger partial charge in [-0.25, -0.2) is 0 Å². The monoisotopic (exact) mass is 317 g/mol. The summed E-state index contributed by atoms with van der Waals surface area (Å²) in [5, 5.41) is 10.8. The van der Waals surface area contributed by atoms with Crippen molar-refractivity contribution in [2.24, 2.45) is 0 Å². The van der Waals surface area contributed by atoms with E-state index in [0.717, 1.165) is 12.1 Å². The number of carbonyl (C=O) groups is 2. The maximum atomic E-state index is 12.7. The molecular formula is C14H14F3NO4. The Labute approximate surface area is 124 Å². The van der Waals surface area contributed by atoms with Gasteiger partial charge < -0.3 is 15.2 Å². The van der Waals surface area contributed by atoms with Crippen molar-refractivity contribution in [1.82, 2.24) is 5.32 Å². The Balaban J connectivity index is 3.18. The highest BCUT2D eigenvalue weighted by molar-refractivity contribution is 5.99. The fourth-order valence-corrected chi connectivity index (χ4v) is 1.49. The maximum absolute atomic E-state index is 12.7. The standard InChI is InChI=1S/C14H14F3NO4/c1-3-6-22-11-5-4-9(14(15,16)17)7-10(11)12(19)18-8(2)13(20)21/h3-5,7-8H,1,6H2,2H3,(H,18,19)(H,20,21)/t8-/m1/s1. The topological polar surface area (TPSA) is 75.6 Å². The summed E-state index contributed by atoms with van der Waals surface area (Å²) in [5.41, 5.74) is -1.43. The molecule has 1 amide bonds. The van der Waals surface area contributed by atoms with Gasteiger partial charge in [0.05, 0.1) is 11.1 Å². The third-order valence-electron chi connectivity index (χ3n) is 2.63. The highest BCUT2D eigenvalue weighted by atomic mass is 19.4. The number of aliphatic carboxylic acids is 1. The molecule has 0 aromatic heterocycles. The second kappa shape index (κ2) is 6.97. The van der Waals surface area contributed by atoms with E-state index in [4.69, 9.17) is 9.84 Å². The van der Waals surface area contributed by atoms with Crippen molar-refractivity contribution in [3.05, 3.63) is 42.0 Å². The molecule has 0 bridgehead atoms. The second-order valence-electron chi connectivity index (χ2n) is 4.34. The number of halogens is 3. The van der Waals surface area contributed by atoms with Crippen LogP contribution in [0.25, 0.3) is 0 Å². The summed E-state index contributed by atoms with van der Waals surface area (Å²) in [6.07, 6.45) is -3.27. The number of hydrogen-bond donors (Lipinski definition) is 2. The van der Waals surface area contributed by atoms with Crippen molar-refractivity contribution >= 4 is 11.9 Å². The molecule has 1 aromatic carbocycles. The number of ether oxygens (including phenoxy) is 1. The maximum Gasteiger partial charge on any atom is 0.416 e. The Morgan fingerprint density at radius 1 is 1.45 bits per heavy atom. The van der Waals surface area contributed by atoms with Crippen LogP contribution >= 0.6 is 0 Å². The summed E-state index contributed by atoms with van der Waals surface area (Å²) in [7, 11) is 0. The summed E-state index contributed by atoms with van der Waals surface area (Å²) in [5.74, 6) is -2.38. The van der Waals surface area contributed by atoms with Crippen LogP contribution in [0, 0.1) is 0 Å². The molecule has 1 atom stereocenters. The van der Waals surface area contributed by atoms with E-state index < -0.39 is 35.2 Å². The van der Waals surface area contributed by atoms with Crippen molar-refractivity contribution in [1.29, 1.82) is 0 Å². The van der Waals surface area contributed by atoms with Crippen LogP contribution in [0.15, 0.2) is 30.9 Å². The quantitative estimate of drug-likeness (QED) is 0.790. The van der Waals surface area contributed by atoms with Gasteiger partial charge in [-0.3, -0.25) is 9.59 Å². The van der Waals surface area contributed by atoms with Crippen molar-refractivity contribution < 1.29 is 32.6 Å². The van der Waals surface area contributed by atoms with E-state index in [1.54, 1.807) is 0 Å². The highest BCUT2D eigenvalue weighted by Gasteiger charge is 2.32.